The summed E-state index contributed by atoms with van der Waals surface area (Å²) in [6, 6.07) is 6.64. The Morgan fingerprint density at radius 1 is 0.800 bits per heavy atom. The highest BCUT2D eigenvalue weighted by molar-refractivity contribution is 5.34. The second kappa shape index (κ2) is 8.95. The van der Waals surface area contributed by atoms with Gasteiger partial charge in [-0.1, -0.05) is 29.3 Å². The van der Waals surface area contributed by atoms with Crippen molar-refractivity contribution in [3.8, 4) is 0 Å². The molecule has 0 aliphatic rings. The highest BCUT2D eigenvalue weighted by Gasteiger charge is 2.37. The predicted molar refractivity (Wildman–Crippen MR) is 99.6 cm³/mol. The lowest BCUT2D eigenvalue weighted by atomic mass is 9.89. The van der Waals surface area contributed by atoms with E-state index in [9.17, 15) is 31.4 Å². The number of rotatable bonds is 7. The van der Waals surface area contributed by atoms with Crippen molar-refractivity contribution in [2.24, 2.45) is 5.73 Å². The molecule has 0 fully saturated rings. The fourth-order valence-corrected chi connectivity index (χ4v) is 3.22. The molecule has 166 valence electrons. The van der Waals surface area contributed by atoms with Crippen molar-refractivity contribution in [1.82, 2.24) is 0 Å². The number of alkyl halides is 6. The summed E-state index contributed by atoms with van der Waals surface area (Å²) in [6.45, 7) is 2.90. The maximum absolute atomic E-state index is 13.0. The van der Waals surface area contributed by atoms with Crippen molar-refractivity contribution in [1.29, 1.82) is 0 Å². The third-order valence-electron chi connectivity index (χ3n) is 4.57. The van der Waals surface area contributed by atoms with Crippen molar-refractivity contribution < 1.29 is 36.2 Å². The van der Waals surface area contributed by atoms with Crippen molar-refractivity contribution in [3.05, 3.63) is 69.8 Å². The molecular formula is C21H23F6NO2. The van der Waals surface area contributed by atoms with E-state index < -0.39 is 35.7 Å². The number of nitrogens with two attached hydrogens (primary N) is 1. The molecule has 30 heavy (non-hydrogen) atoms. The summed E-state index contributed by atoms with van der Waals surface area (Å²) in [5.41, 5.74) is 3.21. The predicted octanol–water partition coefficient (Wildman–Crippen LogP) is 5.09. The highest BCUT2D eigenvalue weighted by atomic mass is 19.4. The van der Waals surface area contributed by atoms with Gasteiger partial charge in [-0.05, 0) is 56.1 Å². The van der Waals surface area contributed by atoms with E-state index >= 15 is 0 Å². The van der Waals surface area contributed by atoms with Crippen LogP contribution < -0.4 is 5.73 Å². The van der Waals surface area contributed by atoms with Gasteiger partial charge >= 0.3 is 12.4 Å². The van der Waals surface area contributed by atoms with E-state index in [1.165, 1.54) is 0 Å². The molecule has 0 saturated carbocycles. The first-order valence-corrected chi connectivity index (χ1v) is 9.12. The molecule has 1 unspecified atom stereocenters. The van der Waals surface area contributed by atoms with Crippen LogP contribution in [0.25, 0.3) is 0 Å². The van der Waals surface area contributed by atoms with Gasteiger partial charge in [0.25, 0.3) is 0 Å². The van der Waals surface area contributed by atoms with Crippen molar-refractivity contribution in [2.45, 2.75) is 44.8 Å². The van der Waals surface area contributed by atoms with Crippen molar-refractivity contribution in [3.63, 3.8) is 0 Å². The summed E-state index contributed by atoms with van der Waals surface area (Å²) in [5, 5.41) is 11.0. The van der Waals surface area contributed by atoms with Gasteiger partial charge in [0.05, 0.1) is 24.3 Å². The number of hydrogen-bond donors (Lipinski definition) is 2. The van der Waals surface area contributed by atoms with Gasteiger partial charge in [-0.3, -0.25) is 0 Å². The first-order valence-electron chi connectivity index (χ1n) is 9.12. The molecule has 0 heterocycles. The van der Waals surface area contributed by atoms with E-state index in [1.54, 1.807) is 12.1 Å². The molecule has 0 bridgehead atoms. The number of aliphatic hydroxyl groups is 1. The summed E-state index contributed by atoms with van der Waals surface area (Å²) in [4.78, 5) is 0. The van der Waals surface area contributed by atoms with Gasteiger partial charge in [0.1, 0.15) is 5.60 Å². The first kappa shape index (κ1) is 24.2. The smallest absolute Gasteiger partial charge is 0.383 e. The Balaban J connectivity index is 2.26. The lowest BCUT2D eigenvalue weighted by Gasteiger charge is -2.29. The zero-order chi connectivity index (χ0) is 22.7. The molecule has 3 N–H and O–H groups in total. The maximum Gasteiger partial charge on any atom is 0.416 e. The first-order chi connectivity index (χ1) is 13.7. The van der Waals surface area contributed by atoms with Crippen LogP contribution in [0.4, 0.5) is 26.3 Å². The molecule has 3 nitrogen and oxygen atoms in total. The molecule has 0 saturated heterocycles. The van der Waals surface area contributed by atoms with Gasteiger partial charge in [-0.2, -0.15) is 26.3 Å². The van der Waals surface area contributed by atoms with Gasteiger partial charge in [0, 0.05) is 0 Å². The van der Waals surface area contributed by atoms with Crippen LogP contribution in [0, 0.1) is 13.8 Å². The summed E-state index contributed by atoms with van der Waals surface area (Å²) in [7, 11) is 0. The maximum atomic E-state index is 13.0. The second-order valence-corrected chi connectivity index (χ2v) is 7.35. The third kappa shape index (κ3) is 6.20. The Hall–Kier alpha value is -2.10. The number of ether oxygens (including phenoxy) is 1. The van der Waals surface area contributed by atoms with Gasteiger partial charge in [0.15, 0.2) is 0 Å². The van der Waals surface area contributed by atoms with Gasteiger partial charge in [-0.15, -0.1) is 0 Å². The van der Waals surface area contributed by atoms with Crippen LogP contribution in [0.3, 0.4) is 0 Å². The van der Waals surface area contributed by atoms with Crippen LogP contribution in [0.1, 0.15) is 39.8 Å². The lowest BCUT2D eigenvalue weighted by Crippen LogP contribution is -2.34. The minimum atomic E-state index is -4.94. The Kier molecular flexibility index (Phi) is 7.21. The van der Waals surface area contributed by atoms with E-state index in [2.05, 4.69) is 0 Å². The molecule has 0 aliphatic heterocycles. The van der Waals surface area contributed by atoms with Gasteiger partial charge in [-0.25, -0.2) is 0 Å². The van der Waals surface area contributed by atoms with Crippen LogP contribution in [0.5, 0.6) is 0 Å². The molecule has 9 heteroatoms. The van der Waals surface area contributed by atoms with Crippen LogP contribution in [-0.4, -0.2) is 18.3 Å². The Labute approximate surface area is 170 Å². The lowest BCUT2D eigenvalue weighted by molar-refractivity contribution is -0.143. The van der Waals surface area contributed by atoms with Gasteiger partial charge in [0.2, 0.25) is 0 Å². The fourth-order valence-electron chi connectivity index (χ4n) is 3.22. The van der Waals surface area contributed by atoms with E-state index in [-0.39, 0.29) is 31.2 Å². The molecule has 0 amide bonds. The number of benzene rings is 2. The van der Waals surface area contributed by atoms with Crippen LogP contribution >= 0.6 is 0 Å². The monoisotopic (exact) mass is 435 g/mol. The zero-order valence-corrected chi connectivity index (χ0v) is 16.5. The minimum absolute atomic E-state index is 0.0593. The Morgan fingerprint density at radius 2 is 1.30 bits per heavy atom. The van der Waals surface area contributed by atoms with E-state index in [4.69, 9.17) is 10.5 Å². The van der Waals surface area contributed by atoms with Gasteiger partial charge < -0.3 is 15.6 Å². The van der Waals surface area contributed by atoms with E-state index in [0.717, 1.165) is 11.1 Å². The molecular weight excluding hydrogens is 412 g/mol. The average Bonchev–Trinajstić information content (AvgIpc) is 2.59. The number of halogens is 6. The zero-order valence-electron chi connectivity index (χ0n) is 16.5. The number of hydrogen-bond acceptors (Lipinski definition) is 3. The topological polar surface area (TPSA) is 55.5 Å². The normalized spacial score (nSPS) is 14.6. The molecule has 0 aromatic heterocycles. The molecule has 2 rings (SSSR count). The highest BCUT2D eigenvalue weighted by Crippen LogP contribution is 2.36. The summed E-state index contributed by atoms with van der Waals surface area (Å²) in [5.74, 6) is 0. The second-order valence-electron chi connectivity index (χ2n) is 7.35. The van der Waals surface area contributed by atoms with Crippen LogP contribution in [0.15, 0.2) is 36.4 Å². The Morgan fingerprint density at radius 3 is 1.73 bits per heavy atom. The summed E-state index contributed by atoms with van der Waals surface area (Å²) < 4.78 is 83.3. The van der Waals surface area contributed by atoms with E-state index in [1.807, 2.05) is 19.9 Å². The molecule has 0 spiro atoms. The SMILES string of the molecule is Cc1cc(C)cc(C(O)(CCN)COCc2cc(C(F)(F)F)cc(C(F)(F)F)c2)c1. The average molecular weight is 435 g/mol. The van der Waals surface area contributed by atoms with Crippen LogP contribution in [-0.2, 0) is 29.3 Å². The quantitative estimate of drug-likeness (QED) is 0.596. The molecule has 2 aromatic carbocycles. The third-order valence-corrected chi connectivity index (χ3v) is 4.57. The molecule has 1 atom stereocenters. The van der Waals surface area contributed by atoms with Crippen molar-refractivity contribution >= 4 is 0 Å². The summed E-state index contributed by atoms with van der Waals surface area (Å²) >= 11 is 0. The summed E-state index contributed by atoms with van der Waals surface area (Å²) in [6.07, 6.45) is -9.77. The minimum Gasteiger partial charge on any atom is -0.383 e. The molecule has 0 aliphatic carbocycles. The van der Waals surface area contributed by atoms with Crippen molar-refractivity contribution in [2.75, 3.05) is 13.2 Å². The Bertz CT molecular complexity index is 826. The fraction of sp³-hybridized carbons (Fsp3) is 0.429. The van der Waals surface area contributed by atoms with E-state index in [0.29, 0.717) is 17.7 Å². The molecule has 0 radical (unpaired) electrons. The molecule has 2 aromatic rings. The van der Waals surface area contributed by atoms with Crippen LogP contribution in [0.2, 0.25) is 0 Å². The number of aryl methyl sites for hydroxylation is 2. The largest absolute Gasteiger partial charge is 0.416 e. The standard InChI is InChI=1S/C21H23F6NO2/c1-13-5-14(2)7-16(6-13)19(29,3-4-28)12-30-11-15-8-17(20(22,23)24)10-18(9-15)21(25,26)27/h5-10,29H,3-4,11-12,28H2,1-2H3.